The molecule has 1 N–H and O–H groups in total. The summed E-state index contributed by atoms with van der Waals surface area (Å²) >= 11 is 0. The predicted octanol–water partition coefficient (Wildman–Crippen LogP) is 5.24. The molecule has 0 spiro atoms. The molecule has 0 bridgehead atoms. The molecule has 2 atom stereocenters. The van der Waals surface area contributed by atoms with Gasteiger partial charge in [0, 0.05) is 13.1 Å². The molecule has 5 nitrogen and oxygen atoms in total. The number of oxime groups is 1. The summed E-state index contributed by atoms with van der Waals surface area (Å²) < 4.78 is 28.9. The Kier molecular flexibility index (Phi) is 6.21. The lowest BCUT2D eigenvalue weighted by molar-refractivity contribution is 0.0520. The maximum Gasteiger partial charge on any atom is 0.243 e. The SMILES string of the molecule is CC(C)(C)c1ccc(S(=O)(=O)N2CC[C@H]3C/C(=N/O)CC[C@]3(Cc3ccccc3)C2)cc1. The number of hydrogen-bond donors (Lipinski definition) is 1. The highest BCUT2D eigenvalue weighted by Gasteiger charge is 2.48. The zero-order valence-electron chi connectivity index (χ0n) is 19.3. The number of sulfonamides is 1. The maximum absolute atomic E-state index is 13.6. The molecule has 0 amide bonds. The lowest BCUT2D eigenvalue weighted by Gasteiger charge is -2.51. The van der Waals surface area contributed by atoms with Gasteiger partial charge in [-0.15, -0.1) is 0 Å². The van der Waals surface area contributed by atoms with E-state index >= 15 is 0 Å². The zero-order chi connectivity index (χ0) is 23.0. The van der Waals surface area contributed by atoms with Crippen LogP contribution >= 0.6 is 0 Å². The van der Waals surface area contributed by atoms with Crippen molar-refractivity contribution < 1.29 is 13.6 Å². The first-order chi connectivity index (χ1) is 15.1. The van der Waals surface area contributed by atoms with Gasteiger partial charge in [-0.05, 0) is 72.1 Å². The van der Waals surface area contributed by atoms with Crippen LogP contribution in [-0.4, -0.2) is 36.7 Å². The molecule has 1 aliphatic heterocycles. The monoisotopic (exact) mass is 454 g/mol. The summed E-state index contributed by atoms with van der Waals surface area (Å²) in [5.41, 5.74) is 3.03. The van der Waals surface area contributed by atoms with E-state index in [2.05, 4.69) is 38.1 Å². The first-order valence-corrected chi connectivity index (χ1v) is 12.9. The first kappa shape index (κ1) is 23.0. The van der Waals surface area contributed by atoms with E-state index < -0.39 is 10.0 Å². The summed E-state index contributed by atoms with van der Waals surface area (Å²) in [4.78, 5) is 0.368. The van der Waals surface area contributed by atoms with Crippen molar-refractivity contribution in [2.45, 2.75) is 63.2 Å². The molecule has 6 heteroatoms. The summed E-state index contributed by atoms with van der Waals surface area (Å²) in [5, 5.41) is 12.9. The van der Waals surface area contributed by atoms with Gasteiger partial charge in [-0.25, -0.2) is 8.42 Å². The quantitative estimate of drug-likeness (QED) is 0.507. The van der Waals surface area contributed by atoms with Crippen LogP contribution in [0.1, 0.15) is 57.6 Å². The Morgan fingerprint density at radius 1 is 1.09 bits per heavy atom. The number of fused-ring (bicyclic) bond motifs is 1. The van der Waals surface area contributed by atoms with Gasteiger partial charge in [-0.1, -0.05) is 68.4 Å². The fraction of sp³-hybridized carbons (Fsp3) is 0.500. The standard InChI is InChI=1S/C26H34N2O3S/c1-25(2,3)21-9-11-24(12-10-21)32(30,31)28-16-14-22-17-23(27-29)13-15-26(22,19-28)18-20-7-5-4-6-8-20/h4-12,22,29H,13-19H2,1-3H3/b27-23+/t22-,26-/m0/s1. The van der Waals surface area contributed by atoms with E-state index in [9.17, 15) is 13.6 Å². The van der Waals surface area contributed by atoms with Crippen LogP contribution in [-0.2, 0) is 21.9 Å². The van der Waals surface area contributed by atoms with Crippen LogP contribution in [0, 0.1) is 11.3 Å². The summed E-state index contributed by atoms with van der Waals surface area (Å²) in [6.45, 7) is 7.39. The van der Waals surface area contributed by atoms with Crippen LogP contribution in [0.5, 0.6) is 0 Å². The van der Waals surface area contributed by atoms with Gasteiger partial charge < -0.3 is 5.21 Å². The van der Waals surface area contributed by atoms with E-state index in [1.165, 1.54) is 5.56 Å². The van der Waals surface area contributed by atoms with Crippen LogP contribution in [0.15, 0.2) is 64.6 Å². The van der Waals surface area contributed by atoms with E-state index in [1.54, 1.807) is 16.4 Å². The van der Waals surface area contributed by atoms with Crippen LogP contribution in [0.2, 0.25) is 0 Å². The Labute approximate surface area is 192 Å². The summed E-state index contributed by atoms with van der Waals surface area (Å²) in [6, 6.07) is 17.7. The molecular formula is C26H34N2O3S. The van der Waals surface area contributed by atoms with Crippen LogP contribution < -0.4 is 0 Å². The third-order valence-electron chi connectivity index (χ3n) is 7.38. The third-order valence-corrected chi connectivity index (χ3v) is 9.24. The highest BCUT2D eigenvalue weighted by atomic mass is 32.2. The van der Waals surface area contributed by atoms with Gasteiger partial charge in [0.25, 0.3) is 0 Å². The van der Waals surface area contributed by atoms with E-state index in [0.29, 0.717) is 30.3 Å². The van der Waals surface area contributed by atoms with Crippen LogP contribution in [0.25, 0.3) is 0 Å². The average molecular weight is 455 g/mol. The molecule has 2 aromatic carbocycles. The van der Waals surface area contributed by atoms with Gasteiger partial charge >= 0.3 is 0 Å². The topological polar surface area (TPSA) is 70.0 Å². The van der Waals surface area contributed by atoms with Crippen molar-refractivity contribution in [2.24, 2.45) is 16.5 Å². The molecule has 0 unspecified atom stereocenters. The molecule has 1 heterocycles. The van der Waals surface area contributed by atoms with Crippen LogP contribution in [0.4, 0.5) is 0 Å². The second kappa shape index (κ2) is 8.64. The number of nitrogens with zero attached hydrogens (tertiary/aromatic N) is 2. The number of hydrogen-bond acceptors (Lipinski definition) is 4. The largest absolute Gasteiger partial charge is 0.411 e. The first-order valence-electron chi connectivity index (χ1n) is 11.5. The lowest BCUT2D eigenvalue weighted by atomic mass is 9.60. The Balaban J connectivity index is 1.63. The van der Waals surface area contributed by atoms with Gasteiger partial charge in [-0.3, -0.25) is 0 Å². The minimum atomic E-state index is -3.57. The predicted molar refractivity (Wildman–Crippen MR) is 128 cm³/mol. The molecule has 2 aromatic rings. The Morgan fingerprint density at radius 2 is 1.78 bits per heavy atom. The second-order valence-corrected chi connectivity index (χ2v) is 12.4. The zero-order valence-corrected chi connectivity index (χ0v) is 20.1. The second-order valence-electron chi connectivity index (χ2n) is 10.5. The molecule has 2 fully saturated rings. The molecular weight excluding hydrogens is 420 g/mol. The molecule has 2 aliphatic rings. The van der Waals surface area contributed by atoms with Crippen molar-refractivity contribution in [3.05, 3.63) is 65.7 Å². The third kappa shape index (κ3) is 4.48. The molecule has 172 valence electrons. The van der Waals surface area contributed by atoms with Crippen molar-refractivity contribution >= 4 is 15.7 Å². The van der Waals surface area contributed by atoms with Gasteiger partial charge in [-0.2, -0.15) is 4.31 Å². The van der Waals surface area contributed by atoms with Crippen molar-refractivity contribution in [1.29, 1.82) is 0 Å². The Bertz CT molecular complexity index is 1070. The molecule has 1 aliphatic carbocycles. The molecule has 4 rings (SSSR count). The minimum Gasteiger partial charge on any atom is -0.411 e. The molecule has 0 aromatic heterocycles. The van der Waals surface area contributed by atoms with Gasteiger partial charge in [0.15, 0.2) is 0 Å². The van der Waals surface area contributed by atoms with Crippen LogP contribution in [0.3, 0.4) is 0 Å². The summed E-state index contributed by atoms with van der Waals surface area (Å²) in [7, 11) is -3.57. The Morgan fingerprint density at radius 3 is 2.41 bits per heavy atom. The normalized spacial score (nSPS) is 26.1. The summed E-state index contributed by atoms with van der Waals surface area (Å²) in [6.07, 6.45) is 3.92. The minimum absolute atomic E-state index is 0.0194. The molecule has 32 heavy (non-hydrogen) atoms. The fourth-order valence-corrected chi connectivity index (χ4v) is 6.96. The van der Waals surface area contributed by atoms with Crippen molar-refractivity contribution in [3.8, 4) is 0 Å². The Hall–Kier alpha value is -2.18. The lowest BCUT2D eigenvalue weighted by Crippen LogP contribution is -2.54. The maximum atomic E-state index is 13.6. The van der Waals surface area contributed by atoms with Gasteiger partial charge in [0.05, 0.1) is 10.6 Å². The number of benzene rings is 2. The smallest absolute Gasteiger partial charge is 0.243 e. The number of rotatable bonds is 4. The van der Waals surface area contributed by atoms with Gasteiger partial charge in [0.2, 0.25) is 10.0 Å². The highest BCUT2D eigenvalue weighted by molar-refractivity contribution is 7.89. The highest BCUT2D eigenvalue weighted by Crippen LogP contribution is 2.48. The molecule has 1 saturated carbocycles. The van der Waals surface area contributed by atoms with Gasteiger partial charge in [0.1, 0.15) is 0 Å². The van der Waals surface area contributed by atoms with Crippen molar-refractivity contribution in [3.63, 3.8) is 0 Å². The summed E-state index contributed by atoms with van der Waals surface area (Å²) in [5.74, 6) is 0.317. The van der Waals surface area contributed by atoms with Crippen molar-refractivity contribution in [1.82, 2.24) is 4.31 Å². The average Bonchev–Trinajstić information content (AvgIpc) is 2.78. The van der Waals surface area contributed by atoms with E-state index in [-0.39, 0.29) is 10.8 Å². The van der Waals surface area contributed by atoms with Crippen molar-refractivity contribution in [2.75, 3.05) is 13.1 Å². The fourth-order valence-electron chi connectivity index (χ4n) is 5.41. The van der Waals surface area contributed by atoms with E-state index in [4.69, 9.17) is 0 Å². The van der Waals surface area contributed by atoms with E-state index in [0.717, 1.165) is 37.0 Å². The molecule has 0 radical (unpaired) electrons. The van der Waals surface area contributed by atoms with E-state index in [1.807, 2.05) is 30.3 Å². The number of piperidine rings is 1. The molecule has 1 saturated heterocycles.